The SMILES string of the molecule is COC(=O)C(O)C(O)c1cc(F)cc(OC)c1. The van der Waals surface area contributed by atoms with Gasteiger partial charge in [0.05, 0.1) is 14.2 Å². The van der Waals surface area contributed by atoms with Crippen LogP contribution in [0.5, 0.6) is 5.75 Å². The number of ether oxygens (including phenoxy) is 2. The summed E-state index contributed by atoms with van der Waals surface area (Å²) in [5.41, 5.74) is 0.0275. The zero-order valence-corrected chi connectivity index (χ0v) is 9.38. The molecule has 0 heterocycles. The molecule has 0 saturated heterocycles. The maximum absolute atomic E-state index is 13.1. The fourth-order valence-corrected chi connectivity index (χ4v) is 1.30. The molecule has 94 valence electrons. The molecule has 0 bridgehead atoms. The summed E-state index contributed by atoms with van der Waals surface area (Å²) in [6, 6.07) is 3.43. The normalized spacial score (nSPS) is 13.9. The van der Waals surface area contributed by atoms with Gasteiger partial charge < -0.3 is 19.7 Å². The van der Waals surface area contributed by atoms with Gasteiger partial charge in [0.15, 0.2) is 6.10 Å². The minimum absolute atomic E-state index is 0.0275. The van der Waals surface area contributed by atoms with Crippen molar-refractivity contribution in [3.8, 4) is 5.75 Å². The van der Waals surface area contributed by atoms with E-state index in [2.05, 4.69) is 4.74 Å². The highest BCUT2D eigenvalue weighted by molar-refractivity contribution is 5.75. The van der Waals surface area contributed by atoms with Crippen molar-refractivity contribution in [1.82, 2.24) is 0 Å². The van der Waals surface area contributed by atoms with Gasteiger partial charge in [-0.3, -0.25) is 0 Å². The predicted molar refractivity (Wildman–Crippen MR) is 55.9 cm³/mol. The smallest absolute Gasteiger partial charge is 0.337 e. The van der Waals surface area contributed by atoms with Crippen molar-refractivity contribution >= 4 is 5.97 Å². The summed E-state index contributed by atoms with van der Waals surface area (Å²) in [4.78, 5) is 11.0. The fourth-order valence-electron chi connectivity index (χ4n) is 1.30. The largest absolute Gasteiger partial charge is 0.497 e. The molecule has 0 radical (unpaired) electrons. The minimum Gasteiger partial charge on any atom is -0.497 e. The van der Waals surface area contributed by atoms with E-state index < -0.39 is 24.0 Å². The van der Waals surface area contributed by atoms with Crippen molar-refractivity contribution in [3.63, 3.8) is 0 Å². The summed E-state index contributed by atoms with van der Waals surface area (Å²) in [5.74, 6) is -1.47. The van der Waals surface area contributed by atoms with Crippen LogP contribution in [0.15, 0.2) is 18.2 Å². The Kier molecular flexibility index (Phi) is 4.42. The summed E-state index contributed by atoms with van der Waals surface area (Å²) >= 11 is 0. The first kappa shape index (κ1) is 13.4. The lowest BCUT2D eigenvalue weighted by atomic mass is 10.0. The van der Waals surface area contributed by atoms with Crippen LogP contribution in [-0.4, -0.2) is 36.5 Å². The van der Waals surface area contributed by atoms with Crippen LogP contribution >= 0.6 is 0 Å². The summed E-state index contributed by atoms with van der Waals surface area (Å²) in [7, 11) is 2.41. The van der Waals surface area contributed by atoms with Crippen molar-refractivity contribution in [1.29, 1.82) is 0 Å². The fraction of sp³-hybridized carbons (Fsp3) is 0.364. The van der Waals surface area contributed by atoms with Crippen LogP contribution in [0.1, 0.15) is 11.7 Å². The third-order valence-electron chi connectivity index (χ3n) is 2.21. The Morgan fingerprint density at radius 3 is 2.47 bits per heavy atom. The molecule has 6 heteroatoms. The summed E-state index contributed by atoms with van der Waals surface area (Å²) < 4.78 is 22.2. The molecule has 5 nitrogen and oxygen atoms in total. The van der Waals surface area contributed by atoms with Crippen molar-refractivity contribution in [3.05, 3.63) is 29.6 Å². The highest BCUT2D eigenvalue weighted by Gasteiger charge is 2.27. The van der Waals surface area contributed by atoms with Crippen LogP contribution in [0, 0.1) is 5.82 Å². The van der Waals surface area contributed by atoms with Crippen molar-refractivity contribution in [2.24, 2.45) is 0 Å². The van der Waals surface area contributed by atoms with Gasteiger partial charge in [0.25, 0.3) is 0 Å². The molecule has 0 spiro atoms. The topological polar surface area (TPSA) is 76.0 Å². The van der Waals surface area contributed by atoms with Gasteiger partial charge in [-0.1, -0.05) is 0 Å². The number of aliphatic hydroxyl groups is 2. The Morgan fingerprint density at radius 1 is 1.29 bits per heavy atom. The summed E-state index contributed by atoms with van der Waals surface area (Å²) in [6.45, 7) is 0. The second-order valence-corrected chi connectivity index (χ2v) is 3.34. The molecule has 2 unspecified atom stereocenters. The van der Waals surface area contributed by atoms with Gasteiger partial charge in [0.1, 0.15) is 17.7 Å². The standard InChI is InChI=1S/C11H13FO5/c1-16-8-4-6(3-7(12)5-8)9(13)10(14)11(15)17-2/h3-5,9-10,13-14H,1-2H3. The number of methoxy groups -OCH3 is 2. The highest BCUT2D eigenvalue weighted by atomic mass is 19.1. The average Bonchev–Trinajstić information content (AvgIpc) is 2.35. The lowest BCUT2D eigenvalue weighted by Crippen LogP contribution is -2.29. The van der Waals surface area contributed by atoms with E-state index >= 15 is 0 Å². The predicted octanol–water partition coefficient (Wildman–Crippen LogP) is 0.402. The van der Waals surface area contributed by atoms with Crippen LogP contribution in [0.3, 0.4) is 0 Å². The van der Waals surface area contributed by atoms with E-state index in [4.69, 9.17) is 4.74 Å². The van der Waals surface area contributed by atoms with Crippen LogP contribution in [0.2, 0.25) is 0 Å². The maximum Gasteiger partial charge on any atom is 0.337 e. The molecule has 0 amide bonds. The molecule has 0 aliphatic carbocycles. The van der Waals surface area contributed by atoms with Crippen molar-refractivity contribution in [2.75, 3.05) is 14.2 Å². The molecule has 1 rings (SSSR count). The van der Waals surface area contributed by atoms with Crippen LogP contribution in [-0.2, 0) is 9.53 Å². The van der Waals surface area contributed by atoms with Gasteiger partial charge in [0, 0.05) is 6.07 Å². The molecular weight excluding hydrogens is 231 g/mol. The highest BCUT2D eigenvalue weighted by Crippen LogP contribution is 2.23. The van der Waals surface area contributed by atoms with E-state index in [1.807, 2.05) is 0 Å². The number of esters is 1. The van der Waals surface area contributed by atoms with Gasteiger partial charge in [-0.05, 0) is 17.7 Å². The first-order valence-electron chi connectivity index (χ1n) is 4.78. The van der Waals surface area contributed by atoms with E-state index in [0.29, 0.717) is 0 Å². The molecule has 2 atom stereocenters. The Morgan fingerprint density at radius 2 is 1.94 bits per heavy atom. The molecular formula is C11H13FO5. The molecule has 0 aliphatic rings. The Balaban J connectivity index is 2.99. The third-order valence-corrected chi connectivity index (χ3v) is 2.21. The number of hydrogen-bond donors (Lipinski definition) is 2. The molecule has 0 saturated carbocycles. The molecule has 1 aromatic carbocycles. The van der Waals surface area contributed by atoms with Crippen LogP contribution in [0.4, 0.5) is 4.39 Å². The number of carbonyl (C=O) groups excluding carboxylic acids is 1. The number of rotatable bonds is 4. The van der Waals surface area contributed by atoms with Gasteiger partial charge in [-0.15, -0.1) is 0 Å². The minimum atomic E-state index is -1.77. The van der Waals surface area contributed by atoms with Gasteiger partial charge in [-0.25, -0.2) is 9.18 Å². The van der Waals surface area contributed by atoms with Crippen molar-refractivity contribution in [2.45, 2.75) is 12.2 Å². The van der Waals surface area contributed by atoms with E-state index in [1.54, 1.807) is 0 Å². The molecule has 0 aliphatic heterocycles. The Labute approximate surface area is 97.4 Å². The molecule has 2 N–H and O–H groups in total. The van der Waals surface area contributed by atoms with Crippen LogP contribution in [0.25, 0.3) is 0 Å². The molecule has 17 heavy (non-hydrogen) atoms. The zero-order valence-electron chi connectivity index (χ0n) is 9.38. The Bertz CT molecular complexity index is 407. The first-order chi connectivity index (χ1) is 7.99. The lowest BCUT2D eigenvalue weighted by Gasteiger charge is -2.16. The number of carbonyl (C=O) groups is 1. The van der Waals surface area contributed by atoms with E-state index in [-0.39, 0.29) is 11.3 Å². The zero-order chi connectivity index (χ0) is 13.0. The number of benzene rings is 1. The average molecular weight is 244 g/mol. The number of halogens is 1. The van der Waals surface area contributed by atoms with E-state index in [1.165, 1.54) is 13.2 Å². The van der Waals surface area contributed by atoms with E-state index in [0.717, 1.165) is 19.2 Å². The third kappa shape index (κ3) is 3.15. The molecule has 1 aromatic rings. The maximum atomic E-state index is 13.1. The number of aliphatic hydroxyl groups excluding tert-OH is 2. The summed E-state index contributed by atoms with van der Waals surface area (Å²) in [6.07, 6.45) is -3.35. The molecule has 0 aromatic heterocycles. The van der Waals surface area contributed by atoms with Gasteiger partial charge in [-0.2, -0.15) is 0 Å². The first-order valence-corrected chi connectivity index (χ1v) is 4.78. The van der Waals surface area contributed by atoms with Crippen LogP contribution < -0.4 is 4.74 Å². The number of hydrogen-bond acceptors (Lipinski definition) is 5. The quantitative estimate of drug-likeness (QED) is 0.750. The molecule has 0 fully saturated rings. The van der Waals surface area contributed by atoms with E-state index in [9.17, 15) is 19.4 Å². The monoisotopic (exact) mass is 244 g/mol. The second-order valence-electron chi connectivity index (χ2n) is 3.34. The Hall–Kier alpha value is -1.66. The lowest BCUT2D eigenvalue weighted by molar-refractivity contribution is -0.156. The summed E-state index contributed by atoms with van der Waals surface area (Å²) in [5, 5.41) is 19.1. The second kappa shape index (κ2) is 5.60. The van der Waals surface area contributed by atoms with Crippen molar-refractivity contribution < 1.29 is 28.9 Å². The van der Waals surface area contributed by atoms with Gasteiger partial charge in [0.2, 0.25) is 0 Å². The van der Waals surface area contributed by atoms with Gasteiger partial charge >= 0.3 is 5.97 Å².